The summed E-state index contributed by atoms with van der Waals surface area (Å²) in [6.45, 7) is 8.06. The molecular formula is C34H47NO11. The Morgan fingerprint density at radius 3 is 2.43 bits per heavy atom. The highest BCUT2D eigenvalue weighted by Crippen LogP contribution is 2.49. The molecule has 12 nitrogen and oxygen atoms in total. The summed E-state index contributed by atoms with van der Waals surface area (Å²) in [5.41, 5.74) is 1.42. The summed E-state index contributed by atoms with van der Waals surface area (Å²) in [5.74, 6) is -1.92. The van der Waals surface area contributed by atoms with Gasteiger partial charge in [0.2, 0.25) is 5.78 Å². The summed E-state index contributed by atoms with van der Waals surface area (Å²) in [6.07, 6.45) is -2.62. The van der Waals surface area contributed by atoms with E-state index in [1.807, 2.05) is 13.8 Å². The van der Waals surface area contributed by atoms with Crippen LogP contribution < -0.4 is 4.74 Å². The first-order valence-electron chi connectivity index (χ1n) is 15.8. The number of phenols is 2. The molecule has 6 atom stereocenters. The average molecular weight is 646 g/mol. The van der Waals surface area contributed by atoms with Crippen molar-refractivity contribution in [3.8, 4) is 17.2 Å². The van der Waals surface area contributed by atoms with Gasteiger partial charge in [0.05, 0.1) is 43.7 Å². The zero-order valence-electron chi connectivity index (χ0n) is 27.4. The van der Waals surface area contributed by atoms with Crippen LogP contribution in [0.5, 0.6) is 17.2 Å². The number of aliphatic hydroxyl groups excluding tert-OH is 2. The molecule has 2 heterocycles. The number of methoxy groups -OCH3 is 2. The molecular weight excluding hydrogens is 598 g/mol. The van der Waals surface area contributed by atoms with Crippen molar-refractivity contribution in [1.29, 1.82) is 0 Å². The standard InChI is InChI=1S/C32H41NO11.C2H6/c1-16-6-5-7-23(40-3)27(16)31(38)28-17(2)30(37)19-10-18(21(35)14-34)11-24(29(19)32(28)39)44-25-12-20(22(36)15-43-25)33-8-9-42-26(13-33)41-4;1-2/h5-7,18,20,22,24-26,34,36-37,39H,8-15H2,1-4H3;1-2H3/t18?,20-,22+,24-,25?,26?;/m0./s1. The predicted molar refractivity (Wildman–Crippen MR) is 167 cm³/mol. The topological polar surface area (TPSA) is 164 Å². The number of carbonyl (C=O) groups excluding carboxylic acids is 2. The van der Waals surface area contributed by atoms with Crippen molar-refractivity contribution in [3.63, 3.8) is 0 Å². The summed E-state index contributed by atoms with van der Waals surface area (Å²) >= 11 is 0. The molecule has 2 aliphatic heterocycles. The van der Waals surface area contributed by atoms with Crippen LogP contribution in [0.1, 0.15) is 71.0 Å². The minimum Gasteiger partial charge on any atom is -0.507 e. The van der Waals surface area contributed by atoms with Crippen molar-refractivity contribution >= 4 is 11.6 Å². The fourth-order valence-electron chi connectivity index (χ4n) is 6.68. The van der Waals surface area contributed by atoms with Crippen molar-refractivity contribution in [2.45, 2.75) is 77.8 Å². The number of rotatable bonds is 9. The van der Waals surface area contributed by atoms with Gasteiger partial charge in [0, 0.05) is 55.3 Å². The van der Waals surface area contributed by atoms with Crippen LogP contribution in [-0.4, -0.2) is 109 Å². The molecule has 12 heteroatoms. The van der Waals surface area contributed by atoms with E-state index in [9.17, 15) is 30.0 Å². The summed E-state index contributed by atoms with van der Waals surface area (Å²) < 4.78 is 28.7. The van der Waals surface area contributed by atoms with Crippen LogP contribution in [-0.2, 0) is 30.2 Å². The predicted octanol–water partition coefficient (Wildman–Crippen LogP) is 2.94. The lowest BCUT2D eigenvalue weighted by Crippen LogP contribution is -2.57. The van der Waals surface area contributed by atoms with Crippen LogP contribution in [0.15, 0.2) is 18.2 Å². The second-order valence-corrected chi connectivity index (χ2v) is 11.6. The highest BCUT2D eigenvalue weighted by atomic mass is 16.7. The molecule has 2 aromatic rings. The molecule has 2 fully saturated rings. The van der Waals surface area contributed by atoms with E-state index < -0.39 is 48.9 Å². The molecule has 46 heavy (non-hydrogen) atoms. The molecule has 3 aliphatic rings. The maximum absolute atomic E-state index is 14.0. The van der Waals surface area contributed by atoms with Gasteiger partial charge in [-0.25, -0.2) is 0 Å². The van der Waals surface area contributed by atoms with Gasteiger partial charge in [-0.05, 0) is 38.3 Å². The first-order chi connectivity index (χ1) is 22.1. The molecule has 254 valence electrons. The van der Waals surface area contributed by atoms with Gasteiger partial charge < -0.3 is 44.1 Å². The van der Waals surface area contributed by atoms with Gasteiger partial charge in [0.25, 0.3) is 0 Å². The van der Waals surface area contributed by atoms with Crippen LogP contribution >= 0.6 is 0 Å². The number of Topliss-reactive ketones (excluding diaryl/α,β-unsaturated/α-hetero) is 1. The number of aromatic hydroxyl groups is 2. The largest absolute Gasteiger partial charge is 0.507 e. The summed E-state index contributed by atoms with van der Waals surface area (Å²) in [4.78, 5) is 28.8. The SMILES string of the molecule is CC.COc1cccc(C)c1C(=O)c1c(C)c(O)c2c(c1O)[C@@H](OC1C[C@H](N3CCOC(OC)C3)[C@H](O)CO1)CC(C(=O)CO)C2. The van der Waals surface area contributed by atoms with E-state index in [1.54, 1.807) is 32.2 Å². The van der Waals surface area contributed by atoms with Crippen molar-refractivity contribution in [2.75, 3.05) is 47.1 Å². The number of aryl methyl sites for hydroxylation is 1. The number of ether oxygens (including phenoxy) is 5. The molecule has 3 unspecified atom stereocenters. The van der Waals surface area contributed by atoms with Crippen molar-refractivity contribution in [2.24, 2.45) is 5.92 Å². The Morgan fingerprint density at radius 2 is 1.76 bits per heavy atom. The normalized spacial score (nSPS) is 26.4. The molecule has 5 rings (SSSR count). The number of benzene rings is 2. The Balaban J connectivity index is 0.00000235. The summed E-state index contributed by atoms with van der Waals surface area (Å²) in [7, 11) is 3.01. The van der Waals surface area contributed by atoms with Crippen molar-refractivity contribution in [1.82, 2.24) is 4.90 Å². The molecule has 1 aliphatic carbocycles. The number of hydrogen-bond acceptors (Lipinski definition) is 12. The second-order valence-electron chi connectivity index (χ2n) is 11.6. The molecule has 0 aromatic heterocycles. The van der Waals surface area contributed by atoms with Crippen molar-refractivity contribution < 1.29 is 53.7 Å². The van der Waals surface area contributed by atoms with Gasteiger partial charge in [-0.1, -0.05) is 26.0 Å². The fourth-order valence-corrected chi connectivity index (χ4v) is 6.68. The lowest BCUT2D eigenvalue weighted by molar-refractivity contribution is -0.241. The van der Waals surface area contributed by atoms with Gasteiger partial charge in [0.15, 0.2) is 18.4 Å². The van der Waals surface area contributed by atoms with Crippen molar-refractivity contribution in [3.05, 3.63) is 51.6 Å². The first-order valence-corrected chi connectivity index (χ1v) is 15.8. The molecule has 0 saturated carbocycles. The Bertz CT molecular complexity index is 1400. The Labute approximate surface area is 269 Å². The average Bonchev–Trinajstić information content (AvgIpc) is 3.08. The summed E-state index contributed by atoms with van der Waals surface area (Å²) in [6, 6.07) is 4.83. The minimum absolute atomic E-state index is 0.00907. The van der Waals surface area contributed by atoms with E-state index in [4.69, 9.17) is 23.7 Å². The smallest absolute Gasteiger partial charge is 0.201 e. The van der Waals surface area contributed by atoms with Crippen LogP contribution in [0, 0.1) is 19.8 Å². The van der Waals surface area contributed by atoms with Crippen LogP contribution in [0.3, 0.4) is 0 Å². The third-order valence-corrected chi connectivity index (χ3v) is 9.07. The third-order valence-electron chi connectivity index (χ3n) is 9.07. The second kappa shape index (κ2) is 15.7. The maximum Gasteiger partial charge on any atom is 0.201 e. The number of aliphatic hydroxyl groups is 2. The number of ketones is 2. The first kappa shape index (κ1) is 35.7. The van der Waals surface area contributed by atoms with E-state index in [-0.39, 0.29) is 71.2 Å². The zero-order chi connectivity index (χ0) is 33.7. The quantitative estimate of drug-likeness (QED) is 0.233. The van der Waals surface area contributed by atoms with Gasteiger partial charge in [-0.3, -0.25) is 14.5 Å². The highest BCUT2D eigenvalue weighted by molar-refractivity contribution is 6.14. The molecule has 2 saturated heterocycles. The fraction of sp³-hybridized carbons (Fsp3) is 0.588. The lowest BCUT2D eigenvalue weighted by atomic mass is 9.76. The van der Waals surface area contributed by atoms with Gasteiger partial charge in [0.1, 0.15) is 23.9 Å². The highest BCUT2D eigenvalue weighted by Gasteiger charge is 2.42. The van der Waals surface area contributed by atoms with E-state index in [0.717, 1.165) is 0 Å². The number of hydrogen-bond donors (Lipinski definition) is 4. The van der Waals surface area contributed by atoms with E-state index >= 15 is 0 Å². The van der Waals surface area contributed by atoms with Gasteiger partial charge in [-0.15, -0.1) is 0 Å². The number of carbonyl (C=O) groups is 2. The molecule has 0 amide bonds. The zero-order valence-corrected chi connectivity index (χ0v) is 27.4. The summed E-state index contributed by atoms with van der Waals surface area (Å²) in [5, 5.41) is 43.6. The number of fused-ring (bicyclic) bond motifs is 1. The third kappa shape index (κ3) is 7.08. The number of nitrogens with zero attached hydrogens (tertiary/aromatic N) is 1. The Kier molecular flexibility index (Phi) is 12.2. The molecule has 0 radical (unpaired) electrons. The molecule has 0 bridgehead atoms. The monoisotopic (exact) mass is 645 g/mol. The van der Waals surface area contributed by atoms with E-state index in [2.05, 4.69) is 4.90 Å². The lowest BCUT2D eigenvalue weighted by Gasteiger charge is -2.44. The van der Waals surface area contributed by atoms with E-state index in [0.29, 0.717) is 31.0 Å². The molecule has 2 aromatic carbocycles. The Hall–Kier alpha value is -3.10. The van der Waals surface area contributed by atoms with Crippen LogP contribution in [0.2, 0.25) is 0 Å². The maximum atomic E-state index is 14.0. The number of morpholine rings is 1. The molecule has 0 spiro atoms. The van der Waals surface area contributed by atoms with Gasteiger partial charge in [-0.2, -0.15) is 0 Å². The molecule has 4 N–H and O–H groups in total. The van der Waals surface area contributed by atoms with Gasteiger partial charge >= 0.3 is 0 Å². The van der Waals surface area contributed by atoms with Crippen LogP contribution in [0.4, 0.5) is 0 Å². The van der Waals surface area contributed by atoms with Crippen LogP contribution in [0.25, 0.3) is 0 Å². The van der Waals surface area contributed by atoms with E-state index in [1.165, 1.54) is 14.0 Å². The Morgan fingerprint density at radius 1 is 1.02 bits per heavy atom. The number of phenolic OH excluding ortho intramolecular Hbond substituents is 2. The minimum atomic E-state index is -0.964.